The molecule has 0 heterocycles. The quantitative estimate of drug-likeness (QED) is 0.479. The van der Waals surface area contributed by atoms with Crippen molar-refractivity contribution >= 4 is 15.5 Å². The number of hydrogen-bond acceptors (Lipinski definition) is 3. The van der Waals surface area contributed by atoms with Crippen LogP contribution in [-0.2, 0) is 4.79 Å². The molecule has 12 heavy (non-hydrogen) atoms. The summed E-state index contributed by atoms with van der Waals surface area (Å²) in [6, 6.07) is 0.375. The van der Waals surface area contributed by atoms with Crippen LogP contribution in [0.4, 0.5) is 0 Å². The molecular formula is C8H18NO2P. The van der Waals surface area contributed by atoms with Crippen molar-refractivity contribution in [2.24, 2.45) is 0 Å². The first kappa shape index (κ1) is 12.0. The SMILES string of the molecule is CC(C)N(CCP)CC(O)C=O. The highest BCUT2D eigenvalue weighted by Gasteiger charge is 2.12. The largest absolute Gasteiger partial charge is 0.384 e. The fourth-order valence-corrected chi connectivity index (χ4v) is 1.34. The van der Waals surface area contributed by atoms with E-state index >= 15 is 0 Å². The van der Waals surface area contributed by atoms with Crippen molar-refractivity contribution in [2.45, 2.75) is 26.0 Å². The van der Waals surface area contributed by atoms with Gasteiger partial charge in [-0.05, 0) is 20.0 Å². The van der Waals surface area contributed by atoms with E-state index in [2.05, 4.69) is 28.0 Å². The third kappa shape index (κ3) is 4.81. The monoisotopic (exact) mass is 191 g/mol. The van der Waals surface area contributed by atoms with E-state index in [-0.39, 0.29) is 0 Å². The summed E-state index contributed by atoms with van der Waals surface area (Å²) in [7, 11) is 2.63. The number of aldehydes is 1. The van der Waals surface area contributed by atoms with Gasteiger partial charge in [0, 0.05) is 19.1 Å². The van der Waals surface area contributed by atoms with E-state index in [0.717, 1.165) is 12.7 Å². The highest BCUT2D eigenvalue weighted by Crippen LogP contribution is 2.00. The van der Waals surface area contributed by atoms with Crippen LogP contribution in [-0.4, -0.2) is 47.7 Å². The molecule has 0 spiro atoms. The zero-order chi connectivity index (χ0) is 9.56. The molecule has 0 saturated carbocycles. The number of aliphatic hydroxyl groups excluding tert-OH is 1. The molecule has 0 aliphatic rings. The third-order valence-corrected chi connectivity index (χ3v) is 1.98. The first-order valence-electron chi connectivity index (χ1n) is 4.19. The minimum atomic E-state index is -0.844. The smallest absolute Gasteiger partial charge is 0.149 e. The Hall–Kier alpha value is 0.0200. The van der Waals surface area contributed by atoms with Gasteiger partial charge in [0.15, 0.2) is 0 Å². The summed E-state index contributed by atoms with van der Waals surface area (Å²) in [6.07, 6.45) is 0.700. The lowest BCUT2D eigenvalue weighted by molar-refractivity contribution is -0.115. The van der Waals surface area contributed by atoms with Crippen LogP contribution in [0.1, 0.15) is 13.8 Å². The number of carbonyl (C=O) groups is 1. The Labute approximate surface area is 76.3 Å². The Morgan fingerprint density at radius 2 is 2.17 bits per heavy atom. The summed E-state index contributed by atoms with van der Waals surface area (Å²) in [5.74, 6) is 0. The highest BCUT2D eigenvalue weighted by atomic mass is 31.0. The molecule has 0 radical (unpaired) electrons. The van der Waals surface area contributed by atoms with Crippen LogP contribution in [0.5, 0.6) is 0 Å². The van der Waals surface area contributed by atoms with E-state index in [1.165, 1.54) is 0 Å². The first-order valence-corrected chi connectivity index (χ1v) is 5.01. The van der Waals surface area contributed by atoms with Gasteiger partial charge in [-0.2, -0.15) is 0 Å². The normalized spacial score (nSPS) is 13.8. The molecule has 0 bridgehead atoms. The van der Waals surface area contributed by atoms with Gasteiger partial charge in [0.2, 0.25) is 0 Å². The van der Waals surface area contributed by atoms with E-state index in [1.54, 1.807) is 0 Å². The molecule has 0 aromatic rings. The molecule has 4 heteroatoms. The summed E-state index contributed by atoms with van der Waals surface area (Å²) in [6.45, 7) is 5.44. The predicted octanol–water partition coefficient (Wildman–Crippen LogP) is 0.132. The average molecular weight is 191 g/mol. The second kappa shape index (κ2) is 6.53. The van der Waals surface area contributed by atoms with Gasteiger partial charge in [-0.15, -0.1) is 9.24 Å². The van der Waals surface area contributed by atoms with Gasteiger partial charge in [-0.1, -0.05) is 0 Å². The lowest BCUT2D eigenvalue weighted by Gasteiger charge is -2.26. The molecule has 3 nitrogen and oxygen atoms in total. The average Bonchev–Trinajstić information content (AvgIpc) is 2.03. The van der Waals surface area contributed by atoms with Crippen molar-refractivity contribution in [3.8, 4) is 0 Å². The van der Waals surface area contributed by atoms with E-state index < -0.39 is 6.10 Å². The van der Waals surface area contributed by atoms with E-state index in [9.17, 15) is 4.79 Å². The topological polar surface area (TPSA) is 40.5 Å². The van der Waals surface area contributed by atoms with Gasteiger partial charge < -0.3 is 9.90 Å². The predicted molar refractivity (Wildman–Crippen MR) is 53.4 cm³/mol. The van der Waals surface area contributed by atoms with Crippen LogP contribution in [0.2, 0.25) is 0 Å². The van der Waals surface area contributed by atoms with Crippen molar-refractivity contribution in [1.82, 2.24) is 4.90 Å². The number of nitrogens with zero attached hydrogens (tertiary/aromatic N) is 1. The molecular weight excluding hydrogens is 173 g/mol. The molecule has 0 aliphatic carbocycles. The molecule has 0 saturated heterocycles. The molecule has 2 unspecified atom stereocenters. The van der Waals surface area contributed by atoms with Gasteiger partial charge in [0.25, 0.3) is 0 Å². The molecule has 1 N–H and O–H groups in total. The number of aliphatic hydroxyl groups is 1. The molecule has 0 aliphatic heterocycles. The number of hydrogen-bond donors (Lipinski definition) is 1. The second-order valence-electron chi connectivity index (χ2n) is 3.08. The zero-order valence-electron chi connectivity index (χ0n) is 7.73. The second-order valence-corrected chi connectivity index (χ2v) is 3.66. The van der Waals surface area contributed by atoms with Gasteiger partial charge in [0.05, 0.1) is 0 Å². The van der Waals surface area contributed by atoms with E-state index in [1.807, 2.05) is 0 Å². The fourth-order valence-electron chi connectivity index (χ4n) is 1.01. The van der Waals surface area contributed by atoms with Crippen LogP contribution in [0.15, 0.2) is 0 Å². The Bertz CT molecular complexity index is 130. The first-order chi connectivity index (χ1) is 5.61. The minimum absolute atomic E-state index is 0.375. The van der Waals surface area contributed by atoms with Gasteiger partial charge >= 0.3 is 0 Å². The van der Waals surface area contributed by atoms with Crippen LogP contribution in [0.3, 0.4) is 0 Å². The number of rotatable bonds is 6. The molecule has 2 atom stereocenters. The molecule has 72 valence electrons. The van der Waals surface area contributed by atoms with Gasteiger partial charge in [0.1, 0.15) is 12.4 Å². The Morgan fingerprint density at radius 3 is 2.50 bits per heavy atom. The van der Waals surface area contributed by atoms with Crippen molar-refractivity contribution < 1.29 is 9.90 Å². The van der Waals surface area contributed by atoms with Crippen molar-refractivity contribution in [2.75, 3.05) is 19.3 Å². The summed E-state index contributed by atoms with van der Waals surface area (Å²) in [4.78, 5) is 12.3. The van der Waals surface area contributed by atoms with Gasteiger partial charge in [-0.3, -0.25) is 4.90 Å². The maximum atomic E-state index is 10.2. The molecule has 0 aromatic heterocycles. The third-order valence-electron chi connectivity index (χ3n) is 1.73. The van der Waals surface area contributed by atoms with Crippen LogP contribution < -0.4 is 0 Å². The summed E-state index contributed by atoms with van der Waals surface area (Å²) in [5.41, 5.74) is 0. The Balaban J connectivity index is 3.85. The summed E-state index contributed by atoms with van der Waals surface area (Å²) < 4.78 is 0. The Morgan fingerprint density at radius 1 is 1.58 bits per heavy atom. The maximum absolute atomic E-state index is 10.2. The van der Waals surface area contributed by atoms with Crippen LogP contribution >= 0.6 is 9.24 Å². The fraction of sp³-hybridized carbons (Fsp3) is 0.875. The van der Waals surface area contributed by atoms with Crippen LogP contribution in [0.25, 0.3) is 0 Å². The molecule has 0 aromatic carbocycles. The summed E-state index contributed by atoms with van der Waals surface area (Å²) in [5, 5.41) is 9.09. The molecule has 0 amide bonds. The molecule has 0 fully saturated rings. The van der Waals surface area contributed by atoms with E-state index in [0.29, 0.717) is 18.9 Å². The van der Waals surface area contributed by atoms with Crippen LogP contribution in [0, 0.1) is 0 Å². The summed E-state index contributed by atoms with van der Waals surface area (Å²) >= 11 is 0. The van der Waals surface area contributed by atoms with Gasteiger partial charge in [-0.25, -0.2) is 0 Å². The lowest BCUT2D eigenvalue weighted by atomic mass is 10.2. The minimum Gasteiger partial charge on any atom is -0.384 e. The lowest BCUT2D eigenvalue weighted by Crippen LogP contribution is -2.39. The van der Waals surface area contributed by atoms with E-state index in [4.69, 9.17) is 5.11 Å². The number of carbonyl (C=O) groups excluding carboxylic acids is 1. The standard InChI is InChI=1S/C8H18NO2P/c1-7(2)9(3-4-12)5-8(11)6-10/h6-8,11H,3-5,12H2,1-2H3. The van der Waals surface area contributed by atoms with Crippen molar-refractivity contribution in [1.29, 1.82) is 0 Å². The molecule has 0 rings (SSSR count). The van der Waals surface area contributed by atoms with Crippen molar-refractivity contribution in [3.63, 3.8) is 0 Å². The maximum Gasteiger partial charge on any atom is 0.149 e. The Kier molecular flexibility index (Phi) is 6.54. The highest BCUT2D eigenvalue weighted by molar-refractivity contribution is 7.16. The van der Waals surface area contributed by atoms with Crippen molar-refractivity contribution in [3.05, 3.63) is 0 Å². The zero-order valence-corrected chi connectivity index (χ0v) is 8.89.